The minimum Gasteiger partial charge on any atom is -0.311 e. The van der Waals surface area contributed by atoms with Crippen molar-refractivity contribution in [1.29, 1.82) is 0 Å². The van der Waals surface area contributed by atoms with Gasteiger partial charge in [0.2, 0.25) is 5.82 Å². The van der Waals surface area contributed by atoms with E-state index in [-0.39, 0.29) is 5.65 Å². The molecule has 4 nitrogen and oxygen atoms in total. The number of halogens is 3. The van der Waals surface area contributed by atoms with Crippen LogP contribution >= 0.6 is 0 Å². The molecule has 0 aliphatic rings. The van der Waals surface area contributed by atoms with Crippen molar-refractivity contribution in [2.24, 2.45) is 0 Å². The van der Waals surface area contributed by atoms with E-state index in [0.717, 1.165) is 18.2 Å². The highest BCUT2D eigenvalue weighted by Gasteiger charge is 2.35. The summed E-state index contributed by atoms with van der Waals surface area (Å²) in [6.07, 6.45) is -1.04. The van der Waals surface area contributed by atoms with Crippen LogP contribution in [0.2, 0.25) is 0 Å². The van der Waals surface area contributed by atoms with Gasteiger partial charge in [-0.05, 0) is 17.5 Å². The maximum atomic E-state index is 12.7. The van der Waals surface area contributed by atoms with E-state index < -0.39 is 12.0 Å². The van der Waals surface area contributed by atoms with Gasteiger partial charge in [0.05, 0.1) is 19.1 Å². The number of benzene rings is 1. The topological polar surface area (TPSA) is 43.6 Å². The summed E-state index contributed by atoms with van der Waals surface area (Å²) in [5, 5.41) is 0. The van der Waals surface area contributed by atoms with Crippen LogP contribution in [-0.2, 0) is 19.1 Å². The van der Waals surface area contributed by atoms with Gasteiger partial charge in [0.25, 0.3) is 0 Å². The van der Waals surface area contributed by atoms with E-state index in [1.54, 1.807) is 4.57 Å². The van der Waals surface area contributed by atoms with Crippen LogP contribution in [0.3, 0.4) is 0 Å². The van der Waals surface area contributed by atoms with Crippen LogP contribution in [0.1, 0.15) is 23.9 Å². The zero-order valence-corrected chi connectivity index (χ0v) is 11.8. The van der Waals surface area contributed by atoms with E-state index in [2.05, 4.69) is 21.9 Å². The number of rotatable bonds is 3. The van der Waals surface area contributed by atoms with E-state index >= 15 is 0 Å². The largest absolute Gasteiger partial charge is 0.451 e. The fourth-order valence-electron chi connectivity index (χ4n) is 2.18. The van der Waals surface area contributed by atoms with Crippen LogP contribution in [0.25, 0.3) is 11.2 Å². The lowest BCUT2D eigenvalue weighted by Crippen LogP contribution is -2.11. The molecule has 22 heavy (non-hydrogen) atoms. The van der Waals surface area contributed by atoms with Crippen LogP contribution in [0.15, 0.2) is 36.8 Å². The molecule has 0 unspecified atom stereocenters. The van der Waals surface area contributed by atoms with Crippen LogP contribution < -0.4 is 0 Å². The van der Waals surface area contributed by atoms with E-state index in [0.29, 0.717) is 12.1 Å². The summed E-state index contributed by atoms with van der Waals surface area (Å²) in [5.41, 5.74) is 2.71. The Bertz CT molecular complexity index is 791. The first kappa shape index (κ1) is 14.5. The van der Waals surface area contributed by atoms with Gasteiger partial charge in [-0.15, -0.1) is 0 Å². The third-order valence-corrected chi connectivity index (χ3v) is 3.40. The van der Waals surface area contributed by atoms with Gasteiger partial charge in [0, 0.05) is 0 Å². The summed E-state index contributed by atoms with van der Waals surface area (Å²) in [6, 6.07) is 7.92. The predicted octanol–water partition coefficient (Wildman–Crippen LogP) is 3.46. The predicted molar refractivity (Wildman–Crippen MR) is 75.2 cm³/mol. The Morgan fingerprint density at radius 1 is 1.05 bits per heavy atom. The second-order valence-corrected chi connectivity index (χ2v) is 4.94. The number of aryl methyl sites for hydroxylation is 1. The van der Waals surface area contributed by atoms with Gasteiger partial charge in [0.1, 0.15) is 5.52 Å². The van der Waals surface area contributed by atoms with Crippen molar-refractivity contribution in [2.75, 3.05) is 0 Å². The second-order valence-electron chi connectivity index (χ2n) is 4.94. The zero-order chi connectivity index (χ0) is 15.7. The molecule has 0 aliphatic heterocycles. The Morgan fingerprint density at radius 2 is 1.73 bits per heavy atom. The molecule has 3 rings (SSSR count). The Hall–Kier alpha value is -2.44. The first-order valence-corrected chi connectivity index (χ1v) is 6.80. The molecule has 0 bridgehead atoms. The molecular weight excluding hydrogens is 293 g/mol. The molecule has 0 amide bonds. The van der Waals surface area contributed by atoms with Gasteiger partial charge < -0.3 is 4.57 Å². The van der Waals surface area contributed by atoms with Crippen molar-refractivity contribution in [3.05, 3.63) is 53.7 Å². The molecule has 0 N–H and O–H groups in total. The normalized spacial score (nSPS) is 12.0. The second kappa shape index (κ2) is 5.40. The van der Waals surface area contributed by atoms with Crippen molar-refractivity contribution < 1.29 is 13.2 Å². The number of nitrogens with zero attached hydrogens (tertiary/aromatic N) is 4. The molecule has 0 saturated carbocycles. The maximum absolute atomic E-state index is 12.7. The van der Waals surface area contributed by atoms with E-state index in [1.807, 2.05) is 24.3 Å². The lowest BCUT2D eigenvalue weighted by Gasteiger charge is -2.07. The molecule has 2 heterocycles. The standard InChI is InChI=1S/C15H13F3N4/c1-2-10-3-5-11(6-4-10)8-22-9-20-12-7-19-14(15(16,17)18)21-13(12)22/h3-7,9H,2,8H2,1H3. The van der Waals surface area contributed by atoms with Crippen LogP contribution in [0.5, 0.6) is 0 Å². The lowest BCUT2D eigenvalue weighted by atomic mass is 10.1. The first-order chi connectivity index (χ1) is 10.5. The van der Waals surface area contributed by atoms with Gasteiger partial charge in [-0.3, -0.25) is 0 Å². The number of hydrogen-bond donors (Lipinski definition) is 0. The zero-order valence-electron chi connectivity index (χ0n) is 11.8. The van der Waals surface area contributed by atoms with Crippen molar-refractivity contribution in [3.63, 3.8) is 0 Å². The van der Waals surface area contributed by atoms with Crippen LogP contribution in [-0.4, -0.2) is 19.5 Å². The molecule has 0 aliphatic carbocycles. The summed E-state index contributed by atoms with van der Waals surface area (Å²) in [7, 11) is 0. The van der Waals surface area contributed by atoms with Crippen molar-refractivity contribution in [3.8, 4) is 0 Å². The first-order valence-electron chi connectivity index (χ1n) is 6.80. The Balaban J connectivity index is 1.96. The van der Waals surface area contributed by atoms with Crippen molar-refractivity contribution >= 4 is 11.2 Å². The molecule has 114 valence electrons. The summed E-state index contributed by atoms with van der Waals surface area (Å²) in [5.74, 6) is -1.15. The number of hydrogen-bond acceptors (Lipinski definition) is 3. The Labute approximate surface area is 124 Å². The van der Waals surface area contributed by atoms with Gasteiger partial charge in [-0.1, -0.05) is 31.2 Å². The highest BCUT2D eigenvalue weighted by molar-refractivity contribution is 5.69. The molecule has 0 spiro atoms. The molecule has 2 aromatic heterocycles. The fourth-order valence-corrected chi connectivity index (χ4v) is 2.18. The Kier molecular flexibility index (Phi) is 3.56. The van der Waals surface area contributed by atoms with Gasteiger partial charge in [0.15, 0.2) is 5.65 Å². The average Bonchev–Trinajstić information content (AvgIpc) is 2.89. The number of fused-ring (bicyclic) bond motifs is 1. The molecule has 0 radical (unpaired) electrons. The van der Waals surface area contributed by atoms with Crippen molar-refractivity contribution in [2.45, 2.75) is 26.1 Å². The van der Waals surface area contributed by atoms with Gasteiger partial charge >= 0.3 is 6.18 Å². The molecular formula is C15H13F3N4. The molecule has 0 saturated heterocycles. The van der Waals surface area contributed by atoms with Gasteiger partial charge in [-0.2, -0.15) is 13.2 Å². The van der Waals surface area contributed by atoms with Crippen LogP contribution in [0.4, 0.5) is 13.2 Å². The fraction of sp³-hybridized carbons (Fsp3) is 0.267. The number of imidazole rings is 1. The third-order valence-electron chi connectivity index (χ3n) is 3.40. The summed E-state index contributed by atoms with van der Waals surface area (Å²) < 4.78 is 39.7. The van der Waals surface area contributed by atoms with Crippen molar-refractivity contribution in [1.82, 2.24) is 19.5 Å². The summed E-state index contributed by atoms with van der Waals surface area (Å²) in [6.45, 7) is 2.47. The highest BCUT2D eigenvalue weighted by atomic mass is 19.4. The molecule has 3 aromatic rings. The number of alkyl halides is 3. The van der Waals surface area contributed by atoms with E-state index in [9.17, 15) is 13.2 Å². The highest BCUT2D eigenvalue weighted by Crippen LogP contribution is 2.26. The average molecular weight is 306 g/mol. The molecule has 1 aromatic carbocycles. The minimum atomic E-state index is -4.56. The molecule has 0 atom stereocenters. The molecule has 0 fully saturated rings. The summed E-state index contributed by atoms with van der Waals surface area (Å²) >= 11 is 0. The third kappa shape index (κ3) is 2.79. The van der Waals surface area contributed by atoms with Gasteiger partial charge in [-0.25, -0.2) is 15.0 Å². The maximum Gasteiger partial charge on any atom is 0.451 e. The smallest absolute Gasteiger partial charge is 0.311 e. The minimum absolute atomic E-state index is 0.182. The quantitative estimate of drug-likeness (QED) is 0.744. The number of aromatic nitrogens is 4. The summed E-state index contributed by atoms with van der Waals surface area (Å²) in [4.78, 5) is 11.0. The SMILES string of the molecule is CCc1ccc(Cn2cnc3cnc(C(F)(F)F)nc32)cc1. The van der Waals surface area contributed by atoms with E-state index in [4.69, 9.17) is 0 Å². The molecule has 7 heteroatoms. The van der Waals surface area contributed by atoms with Crippen LogP contribution in [0, 0.1) is 0 Å². The van der Waals surface area contributed by atoms with E-state index in [1.165, 1.54) is 11.9 Å². The monoisotopic (exact) mass is 306 g/mol. The lowest BCUT2D eigenvalue weighted by molar-refractivity contribution is -0.144. The Morgan fingerprint density at radius 3 is 2.36 bits per heavy atom.